The fourth-order valence-corrected chi connectivity index (χ4v) is 4.26. The normalized spacial score (nSPS) is 11.4. The number of nitrogens with zero attached hydrogens (tertiary/aromatic N) is 1. The van der Waals surface area contributed by atoms with Gasteiger partial charge in [0.1, 0.15) is 5.82 Å². The van der Waals surface area contributed by atoms with Gasteiger partial charge in [0, 0.05) is 11.6 Å². The van der Waals surface area contributed by atoms with E-state index in [-0.39, 0.29) is 27.3 Å². The molecule has 5 nitrogen and oxygen atoms in total. The summed E-state index contributed by atoms with van der Waals surface area (Å²) in [6.07, 6.45) is 0. The Morgan fingerprint density at radius 2 is 1.60 bits per heavy atom. The Morgan fingerprint density at radius 3 is 2.30 bits per heavy atom. The van der Waals surface area contributed by atoms with Crippen molar-refractivity contribution in [3.8, 4) is 11.5 Å². The number of anilines is 1. The zero-order valence-corrected chi connectivity index (χ0v) is 17.1. The van der Waals surface area contributed by atoms with Gasteiger partial charge in [0.25, 0.3) is 0 Å². The van der Waals surface area contributed by atoms with E-state index in [1.54, 1.807) is 6.07 Å². The van der Waals surface area contributed by atoms with Gasteiger partial charge in [-0.2, -0.15) is 4.98 Å². The first-order chi connectivity index (χ1) is 14.4. The van der Waals surface area contributed by atoms with Crippen LogP contribution in [0.15, 0.2) is 93.2 Å². The van der Waals surface area contributed by atoms with E-state index in [0.29, 0.717) is 11.6 Å². The lowest BCUT2D eigenvalue weighted by atomic mass is 10.2. The van der Waals surface area contributed by atoms with Crippen LogP contribution in [-0.2, 0) is 16.4 Å². The summed E-state index contributed by atoms with van der Waals surface area (Å²) in [6.45, 7) is 0.301. The predicted octanol–water partition coefficient (Wildman–Crippen LogP) is 5.58. The van der Waals surface area contributed by atoms with E-state index in [1.165, 1.54) is 42.5 Å². The fourth-order valence-electron chi connectivity index (χ4n) is 2.85. The van der Waals surface area contributed by atoms with Crippen LogP contribution in [0.3, 0.4) is 0 Å². The summed E-state index contributed by atoms with van der Waals surface area (Å²) < 4.78 is 46.3. The number of hydrogen-bond donors (Lipinski definition) is 1. The van der Waals surface area contributed by atoms with Crippen LogP contribution in [0.2, 0.25) is 5.02 Å². The summed E-state index contributed by atoms with van der Waals surface area (Å²) in [5.74, 6) is -0.757. The fraction of sp³-hybridized carbons (Fsp3) is 0.0455. The molecule has 0 unspecified atom stereocenters. The van der Waals surface area contributed by atoms with Crippen molar-refractivity contribution in [1.29, 1.82) is 0 Å². The number of sulfone groups is 1. The van der Waals surface area contributed by atoms with Gasteiger partial charge >= 0.3 is 0 Å². The van der Waals surface area contributed by atoms with Gasteiger partial charge in [0.2, 0.25) is 26.6 Å². The molecule has 0 radical (unpaired) electrons. The number of benzene rings is 3. The molecule has 1 aromatic heterocycles. The molecule has 8 heteroatoms. The van der Waals surface area contributed by atoms with Gasteiger partial charge < -0.3 is 9.73 Å². The van der Waals surface area contributed by atoms with Crippen molar-refractivity contribution in [2.45, 2.75) is 16.5 Å². The van der Waals surface area contributed by atoms with Crippen LogP contribution in [0.4, 0.5) is 10.3 Å². The summed E-state index contributed by atoms with van der Waals surface area (Å²) in [7, 11) is -4.04. The summed E-state index contributed by atoms with van der Waals surface area (Å²) in [6, 6.07) is 21.0. The zero-order chi connectivity index (χ0) is 21.1. The number of aromatic nitrogens is 1. The first-order valence-corrected chi connectivity index (χ1v) is 10.9. The van der Waals surface area contributed by atoms with Gasteiger partial charge in [-0.25, -0.2) is 12.8 Å². The van der Waals surface area contributed by atoms with Crippen molar-refractivity contribution in [3.63, 3.8) is 0 Å². The Bertz CT molecular complexity index is 1270. The molecule has 0 spiro atoms. The van der Waals surface area contributed by atoms with E-state index in [4.69, 9.17) is 16.0 Å². The van der Waals surface area contributed by atoms with Crippen molar-refractivity contribution in [3.05, 3.63) is 95.3 Å². The maximum atomic E-state index is 14.2. The number of nitrogens with one attached hydrogen (secondary N) is 1. The van der Waals surface area contributed by atoms with Crippen LogP contribution < -0.4 is 5.32 Å². The average molecular weight is 443 g/mol. The van der Waals surface area contributed by atoms with E-state index >= 15 is 0 Å². The third-order valence-electron chi connectivity index (χ3n) is 4.37. The van der Waals surface area contributed by atoms with Gasteiger partial charge in [-0.05, 0) is 42.0 Å². The molecule has 152 valence electrons. The van der Waals surface area contributed by atoms with E-state index in [1.807, 2.05) is 30.3 Å². The standard InChI is InChI=1S/C22H16ClFN2O3S/c23-16-10-12-17(13-11-16)30(27,28)22-21(25-14-15-6-2-1-3-7-15)29-20(26-22)18-8-4-5-9-19(18)24/h1-13,25H,14H2. The van der Waals surface area contributed by atoms with E-state index in [9.17, 15) is 12.8 Å². The van der Waals surface area contributed by atoms with Gasteiger partial charge in [-0.3, -0.25) is 0 Å². The highest BCUT2D eigenvalue weighted by atomic mass is 35.5. The van der Waals surface area contributed by atoms with Gasteiger partial charge in [-0.15, -0.1) is 0 Å². The number of hydrogen-bond acceptors (Lipinski definition) is 5. The van der Waals surface area contributed by atoms with Crippen LogP contribution in [0, 0.1) is 5.82 Å². The number of oxazole rings is 1. The highest BCUT2D eigenvalue weighted by molar-refractivity contribution is 7.91. The van der Waals surface area contributed by atoms with Crippen LogP contribution >= 0.6 is 11.6 Å². The molecule has 0 saturated heterocycles. The molecule has 0 saturated carbocycles. The molecule has 0 aliphatic rings. The molecule has 1 N–H and O–H groups in total. The Hall–Kier alpha value is -3.16. The molecule has 0 aliphatic carbocycles. The first-order valence-electron chi connectivity index (χ1n) is 8.99. The predicted molar refractivity (Wildman–Crippen MR) is 113 cm³/mol. The Kier molecular flexibility index (Phi) is 5.57. The highest BCUT2D eigenvalue weighted by Crippen LogP contribution is 2.33. The Labute approximate surface area is 178 Å². The molecule has 0 amide bonds. The first kappa shape index (κ1) is 20.1. The van der Waals surface area contributed by atoms with Gasteiger partial charge in [-0.1, -0.05) is 54.1 Å². The van der Waals surface area contributed by atoms with E-state index in [2.05, 4.69) is 10.3 Å². The maximum absolute atomic E-state index is 14.2. The lowest BCUT2D eigenvalue weighted by Crippen LogP contribution is -2.07. The SMILES string of the molecule is O=S(=O)(c1ccc(Cl)cc1)c1nc(-c2ccccc2F)oc1NCc1ccccc1. The summed E-state index contributed by atoms with van der Waals surface area (Å²) >= 11 is 5.88. The summed E-state index contributed by atoms with van der Waals surface area (Å²) in [5, 5.41) is 3.06. The minimum atomic E-state index is -4.04. The number of halogens is 2. The van der Waals surface area contributed by atoms with E-state index in [0.717, 1.165) is 5.56 Å². The second kappa shape index (κ2) is 8.30. The maximum Gasteiger partial charge on any atom is 0.234 e. The quantitative estimate of drug-likeness (QED) is 0.422. The zero-order valence-electron chi connectivity index (χ0n) is 15.5. The van der Waals surface area contributed by atoms with E-state index < -0.39 is 15.7 Å². The molecule has 30 heavy (non-hydrogen) atoms. The third-order valence-corrected chi connectivity index (χ3v) is 6.31. The van der Waals surface area contributed by atoms with Crippen molar-refractivity contribution >= 4 is 27.3 Å². The summed E-state index contributed by atoms with van der Waals surface area (Å²) in [4.78, 5) is 4.14. The Balaban J connectivity index is 1.79. The molecular weight excluding hydrogens is 427 g/mol. The lowest BCUT2D eigenvalue weighted by molar-refractivity contribution is 0.567. The molecule has 4 rings (SSSR count). The van der Waals surface area contributed by atoms with Crippen LogP contribution in [-0.4, -0.2) is 13.4 Å². The van der Waals surface area contributed by atoms with Crippen LogP contribution in [0.25, 0.3) is 11.5 Å². The third kappa shape index (κ3) is 4.08. The molecule has 0 bridgehead atoms. The molecule has 1 heterocycles. The smallest absolute Gasteiger partial charge is 0.234 e. The average Bonchev–Trinajstić information content (AvgIpc) is 3.18. The van der Waals surface area contributed by atoms with Crippen molar-refractivity contribution in [2.24, 2.45) is 0 Å². The summed E-state index contributed by atoms with van der Waals surface area (Å²) in [5.41, 5.74) is 0.981. The highest BCUT2D eigenvalue weighted by Gasteiger charge is 2.29. The van der Waals surface area contributed by atoms with Crippen molar-refractivity contribution < 1.29 is 17.2 Å². The van der Waals surface area contributed by atoms with Gasteiger partial charge in [0.15, 0.2) is 0 Å². The lowest BCUT2D eigenvalue weighted by Gasteiger charge is -2.06. The molecule has 0 fully saturated rings. The second-order valence-electron chi connectivity index (χ2n) is 6.43. The topological polar surface area (TPSA) is 72.2 Å². The Morgan fingerprint density at radius 1 is 0.933 bits per heavy atom. The minimum Gasteiger partial charge on any atom is -0.419 e. The number of rotatable bonds is 6. The molecule has 0 atom stereocenters. The van der Waals surface area contributed by atoms with Crippen molar-refractivity contribution in [2.75, 3.05) is 5.32 Å². The van der Waals surface area contributed by atoms with Crippen LogP contribution in [0.5, 0.6) is 0 Å². The largest absolute Gasteiger partial charge is 0.419 e. The molecular formula is C22H16ClFN2O3S. The minimum absolute atomic E-state index is 0.00282. The van der Waals surface area contributed by atoms with Gasteiger partial charge in [0.05, 0.1) is 10.5 Å². The molecule has 0 aliphatic heterocycles. The molecule has 4 aromatic rings. The molecule has 3 aromatic carbocycles. The van der Waals surface area contributed by atoms with Crippen molar-refractivity contribution in [1.82, 2.24) is 4.98 Å². The second-order valence-corrected chi connectivity index (χ2v) is 8.73. The monoisotopic (exact) mass is 442 g/mol. The van der Waals surface area contributed by atoms with Crippen LogP contribution in [0.1, 0.15) is 5.56 Å².